The molecule has 0 aliphatic rings. The SMILES string of the molecule is CN(C)[C@H](C=O)c1ccccc1F. The van der Waals surface area contributed by atoms with Crippen LogP contribution in [0.4, 0.5) is 4.39 Å². The van der Waals surface area contributed by atoms with Crippen molar-refractivity contribution < 1.29 is 9.18 Å². The molecule has 0 amide bonds. The number of nitrogens with zero attached hydrogens (tertiary/aromatic N) is 1. The van der Waals surface area contributed by atoms with Crippen LogP contribution < -0.4 is 0 Å². The van der Waals surface area contributed by atoms with Crippen LogP contribution in [0.1, 0.15) is 11.6 Å². The second kappa shape index (κ2) is 4.14. The number of carbonyl (C=O) groups excluding carboxylic acids is 1. The molecule has 70 valence electrons. The molecule has 13 heavy (non-hydrogen) atoms. The standard InChI is InChI=1S/C10H12FNO/c1-12(2)10(7-13)8-5-3-4-6-9(8)11/h3-7,10H,1-2H3/t10-/m1/s1. The molecule has 2 nitrogen and oxygen atoms in total. The van der Waals surface area contributed by atoms with Gasteiger partial charge in [0, 0.05) is 5.56 Å². The summed E-state index contributed by atoms with van der Waals surface area (Å²) >= 11 is 0. The molecule has 0 saturated heterocycles. The number of carbonyl (C=O) groups is 1. The van der Waals surface area contributed by atoms with Gasteiger partial charge in [-0.15, -0.1) is 0 Å². The molecule has 1 aromatic carbocycles. The first-order valence-electron chi connectivity index (χ1n) is 4.03. The molecule has 0 saturated carbocycles. The lowest BCUT2D eigenvalue weighted by molar-refractivity contribution is -0.111. The first-order valence-corrected chi connectivity index (χ1v) is 4.03. The van der Waals surface area contributed by atoms with Crippen LogP contribution in [0.5, 0.6) is 0 Å². The van der Waals surface area contributed by atoms with Crippen molar-refractivity contribution in [2.75, 3.05) is 14.1 Å². The molecule has 0 unspecified atom stereocenters. The third-order valence-electron chi connectivity index (χ3n) is 1.91. The molecular weight excluding hydrogens is 169 g/mol. The van der Waals surface area contributed by atoms with E-state index in [1.807, 2.05) is 0 Å². The van der Waals surface area contributed by atoms with Gasteiger partial charge >= 0.3 is 0 Å². The first-order chi connectivity index (χ1) is 6.16. The fourth-order valence-electron chi connectivity index (χ4n) is 1.19. The highest BCUT2D eigenvalue weighted by Crippen LogP contribution is 2.18. The highest BCUT2D eigenvalue weighted by molar-refractivity contribution is 5.61. The average molecular weight is 181 g/mol. The minimum Gasteiger partial charge on any atom is -0.301 e. The molecule has 1 atom stereocenters. The molecule has 0 radical (unpaired) electrons. The van der Waals surface area contributed by atoms with E-state index in [0.717, 1.165) is 6.29 Å². The van der Waals surface area contributed by atoms with Crippen LogP contribution in [0.3, 0.4) is 0 Å². The molecule has 0 spiro atoms. The Morgan fingerprint density at radius 1 is 1.38 bits per heavy atom. The van der Waals surface area contributed by atoms with Crippen molar-refractivity contribution in [3.8, 4) is 0 Å². The summed E-state index contributed by atoms with van der Waals surface area (Å²) in [6, 6.07) is 5.81. The first kappa shape index (κ1) is 9.86. The van der Waals surface area contributed by atoms with E-state index in [1.165, 1.54) is 6.07 Å². The van der Waals surface area contributed by atoms with Crippen LogP contribution in [0.2, 0.25) is 0 Å². The monoisotopic (exact) mass is 181 g/mol. The number of likely N-dealkylation sites (N-methyl/N-ethyl adjacent to an activating group) is 1. The average Bonchev–Trinajstić information content (AvgIpc) is 2.09. The van der Waals surface area contributed by atoms with Gasteiger partial charge in [0.05, 0.1) is 6.04 Å². The van der Waals surface area contributed by atoms with Crippen LogP contribution >= 0.6 is 0 Å². The zero-order valence-electron chi connectivity index (χ0n) is 7.70. The number of rotatable bonds is 3. The van der Waals surface area contributed by atoms with E-state index >= 15 is 0 Å². The number of hydrogen-bond acceptors (Lipinski definition) is 2. The van der Waals surface area contributed by atoms with E-state index in [0.29, 0.717) is 5.56 Å². The minimum absolute atomic E-state index is 0.340. The van der Waals surface area contributed by atoms with Crippen LogP contribution in [0.15, 0.2) is 24.3 Å². The summed E-state index contributed by atoms with van der Waals surface area (Å²) in [5.74, 6) is -0.340. The van der Waals surface area contributed by atoms with Crippen LogP contribution in [0, 0.1) is 5.82 Å². The Morgan fingerprint density at radius 2 is 2.00 bits per heavy atom. The zero-order chi connectivity index (χ0) is 9.84. The Balaban J connectivity index is 3.04. The summed E-state index contributed by atoms with van der Waals surface area (Å²) < 4.78 is 13.2. The molecule has 0 fully saturated rings. The van der Waals surface area contributed by atoms with Crippen LogP contribution in [-0.2, 0) is 4.79 Å². The van der Waals surface area contributed by atoms with E-state index in [-0.39, 0.29) is 5.82 Å². The van der Waals surface area contributed by atoms with Gasteiger partial charge in [-0.05, 0) is 20.2 Å². The molecule has 0 aliphatic carbocycles. The normalized spacial score (nSPS) is 12.9. The highest BCUT2D eigenvalue weighted by Gasteiger charge is 2.15. The van der Waals surface area contributed by atoms with Crippen molar-refractivity contribution in [3.05, 3.63) is 35.6 Å². The Bertz CT molecular complexity index is 299. The van der Waals surface area contributed by atoms with Gasteiger partial charge in [-0.1, -0.05) is 18.2 Å². The maximum atomic E-state index is 13.2. The molecule has 3 heteroatoms. The third kappa shape index (κ3) is 2.12. The van der Waals surface area contributed by atoms with Gasteiger partial charge < -0.3 is 4.79 Å². The van der Waals surface area contributed by atoms with E-state index in [1.54, 1.807) is 37.2 Å². The quantitative estimate of drug-likeness (QED) is 0.660. The second-order valence-electron chi connectivity index (χ2n) is 3.07. The van der Waals surface area contributed by atoms with E-state index in [4.69, 9.17) is 0 Å². The maximum absolute atomic E-state index is 13.2. The summed E-state index contributed by atoms with van der Waals surface area (Å²) in [5.41, 5.74) is 0.419. The van der Waals surface area contributed by atoms with E-state index < -0.39 is 6.04 Å². The van der Waals surface area contributed by atoms with Crippen molar-refractivity contribution >= 4 is 6.29 Å². The lowest BCUT2D eigenvalue weighted by Gasteiger charge is -2.18. The van der Waals surface area contributed by atoms with Crippen molar-refractivity contribution in [3.63, 3.8) is 0 Å². The fraction of sp³-hybridized carbons (Fsp3) is 0.300. The molecule has 0 aliphatic heterocycles. The molecule has 1 rings (SSSR count). The van der Waals surface area contributed by atoms with Gasteiger partial charge in [0.2, 0.25) is 0 Å². The van der Waals surface area contributed by atoms with Gasteiger partial charge in [0.25, 0.3) is 0 Å². The van der Waals surface area contributed by atoms with E-state index in [2.05, 4.69) is 0 Å². The van der Waals surface area contributed by atoms with Crippen molar-refractivity contribution in [1.29, 1.82) is 0 Å². The predicted molar refractivity (Wildman–Crippen MR) is 48.9 cm³/mol. The molecule has 0 heterocycles. The van der Waals surface area contributed by atoms with Crippen LogP contribution in [-0.4, -0.2) is 25.3 Å². The van der Waals surface area contributed by atoms with Gasteiger partial charge in [-0.3, -0.25) is 4.90 Å². The summed E-state index contributed by atoms with van der Waals surface area (Å²) in [5, 5.41) is 0. The largest absolute Gasteiger partial charge is 0.301 e. The number of halogens is 1. The molecular formula is C10H12FNO. The summed E-state index contributed by atoms with van der Waals surface area (Å²) in [6.07, 6.45) is 0.735. The minimum atomic E-state index is -0.499. The summed E-state index contributed by atoms with van der Waals surface area (Å²) in [4.78, 5) is 12.4. The van der Waals surface area contributed by atoms with Crippen molar-refractivity contribution in [2.45, 2.75) is 6.04 Å². The van der Waals surface area contributed by atoms with Gasteiger partial charge in [0.15, 0.2) is 0 Å². The Labute approximate surface area is 77.0 Å². The lowest BCUT2D eigenvalue weighted by Crippen LogP contribution is -2.21. The van der Waals surface area contributed by atoms with Crippen LogP contribution in [0.25, 0.3) is 0 Å². The zero-order valence-corrected chi connectivity index (χ0v) is 7.70. The smallest absolute Gasteiger partial charge is 0.141 e. The molecule has 0 aromatic heterocycles. The van der Waals surface area contributed by atoms with Crippen molar-refractivity contribution in [2.24, 2.45) is 0 Å². The number of benzene rings is 1. The topological polar surface area (TPSA) is 20.3 Å². The fourth-order valence-corrected chi connectivity index (χ4v) is 1.19. The number of hydrogen-bond donors (Lipinski definition) is 0. The Kier molecular flexibility index (Phi) is 3.14. The van der Waals surface area contributed by atoms with Gasteiger partial charge in [0.1, 0.15) is 12.1 Å². The maximum Gasteiger partial charge on any atom is 0.141 e. The van der Waals surface area contributed by atoms with Gasteiger partial charge in [-0.2, -0.15) is 0 Å². The molecule has 0 N–H and O–H groups in total. The summed E-state index contributed by atoms with van der Waals surface area (Å²) in [7, 11) is 3.48. The third-order valence-corrected chi connectivity index (χ3v) is 1.91. The predicted octanol–water partition coefficient (Wildman–Crippen LogP) is 1.63. The van der Waals surface area contributed by atoms with Gasteiger partial charge in [-0.25, -0.2) is 4.39 Å². The molecule has 1 aromatic rings. The summed E-state index contributed by atoms with van der Waals surface area (Å²) in [6.45, 7) is 0. The molecule has 0 bridgehead atoms. The van der Waals surface area contributed by atoms with Crippen molar-refractivity contribution in [1.82, 2.24) is 4.90 Å². The lowest BCUT2D eigenvalue weighted by atomic mass is 10.1. The Hall–Kier alpha value is -1.22. The van der Waals surface area contributed by atoms with E-state index in [9.17, 15) is 9.18 Å². The number of aldehydes is 1. The second-order valence-corrected chi connectivity index (χ2v) is 3.07. The highest BCUT2D eigenvalue weighted by atomic mass is 19.1. The Morgan fingerprint density at radius 3 is 2.46 bits per heavy atom.